The zero-order chi connectivity index (χ0) is 12.4. The highest BCUT2D eigenvalue weighted by molar-refractivity contribution is 5.79. The molecule has 1 heterocycles. The second-order valence-corrected chi connectivity index (χ2v) is 5.08. The number of amides is 1. The van der Waals surface area contributed by atoms with Crippen LogP contribution in [0.2, 0.25) is 0 Å². The van der Waals surface area contributed by atoms with Crippen LogP contribution in [0, 0.1) is 5.92 Å². The SMILES string of the molecule is CC1CC(C)N(C(=O)Cc2cccc(O)c2)C1. The predicted molar refractivity (Wildman–Crippen MR) is 66.8 cm³/mol. The minimum atomic E-state index is 0.160. The highest BCUT2D eigenvalue weighted by atomic mass is 16.3. The third-order valence-corrected chi connectivity index (χ3v) is 3.37. The second kappa shape index (κ2) is 4.78. The summed E-state index contributed by atoms with van der Waals surface area (Å²) in [5.74, 6) is 0.976. The van der Waals surface area contributed by atoms with Crippen molar-refractivity contribution in [3.8, 4) is 5.75 Å². The maximum Gasteiger partial charge on any atom is 0.227 e. The number of hydrogen-bond acceptors (Lipinski definition) is 2. The third kappa shape index (κ3) is 2.78. The standard InChI is InChI=1S/C14H19NO2/c1-10-6-11(2)15(9-10)14(17)8-12-4-3-5-13(16)7-12/h3-5,7,10-11,16H,6,8-9H2,1-2H3. The van der Waals surface area contributed by atoms with Crippen molar-refractivity contribution in [1.29, 1.82) is 0 Å². The lowest BCUT2D eigenvalue weighted by molar-refractivity contribution is -0.131. The van der Waals surface area contributed by atoms with E-state index in [9.17, 15) is 9.90 Å². The van der Waals surface area contributed by atoms with E-state index in [1.165, 1.54) is 0 Å². The first-order chi connectivity index (χ1) is 8.06. The summed E-state index contributed by atoms with van der Waals surface area (Å²) < 4.78 is 0. The average Bonchev–Trinajstić information content (AvgIpc) is 2.58. The minimum absolute atomic E-state index is 0.160. The van der Waals surface area contributed by atoms with Gasteiger partial charge in [0.25, 0.3) is 0 Å². The largest absolute Gasteiger partial charge is 0.508 e. The van der Waals surface area contributed by atoms with Crippen molar-refractivity contribution in [1.82, 2.24) is 4.90 Å². The van der Waals surface area contributed by atoms with Crippen LogP contribution in [0.15, 0.2) is 24.3 Å². The molecule has 1 fully saturated rings. The molecule has 0 aromatic heterocycles. The Morgan fingerprint density at radius 2 is 2.24 bits per heavy atom. The molecule has 0 aliphatic carbocycles. The summed E-state index contributed by atoms with van der Waals surface area (Å²) in [6.45, 7) is 5.14. The molecule has 3 heteroatoms. The van der Waals surface area contributed by atoms with Gasteiger partial charge in [-0.3, -0.25) is 4.79 Å². The lowest BCUT2D eigenvalue weighted by Gasteiger charge is -2.21. The third-order valence-electron chi connectivity index (χ3n) is 3.37. The molecular formula is C14H19NO2. The van der Waals surface area contributed by atoms with Crippen LogP contribution in [0.1, 0.15) is 25.8 Å². The van der Waals surface area contributed by atoms with Gasteiger partial charge in [0.2, 0.25) is 5.91 Å². The molecule has 1 aromatic rings. The van der Waals surface area contributed by atoms with Gasteiger partial charge < -0.3 is 10.0 Å². The molecular weight excluding hydrogens is 214 g/mol. The van der Waals surface area contributed by atoms with E-state index in [1.807, 2.05) is 11.0 Å². The minimum Gasteiger partial charge on any atom is -0.508 e. The Bertz CT molecular complexity index is 416. The second-order valence-electron chi connectivity index (χ2n) is 5.08. The first-order valence-electron chi connectivity index (χ1n) is 6.13. The Balaban J connectivity index is 2.02. The van der Waals surface area contributed by atoms with Crippen LogP contribution in [0.3, 0.4) is 0 Å². The first kappa shape index (κ1) is 12.0. The van der Waals surface area contributed by atoms with Gasteiger partial charge in [-0.1, -0.05) is 19.1 Å². The van der Waals surface area contributed by atoms with Crippen LogP contribution >= 0.6 is 0 Å². The normalized spacial score (nSPS) is 24.0. The smallest absolute Gasteiger partial charge is 0.227 e. The van der Waals surface area contributed by atoms with Gasteiger partial charge in [-0.25, -0.2) is 0 Å². The fourth-order valence-electron chi connectivity index (χ4n) is 2.59. The van der Waals surface area contributed by atoms with Crippen LogP contribution in [0.4, 0.5) is 0 Å². The van der Waals surface area contributed by atoms with E-state index in [0.717, 1.165) is 18.5 Å². The molecule has 17 heavy (non-hydrogen) atoms. The molecule has 0 bridgehead atoms. The number of carbonyl (C=O) groups is 1. The number of phenols is 1. The molecule has 1 aliphatic rings. The first-order valence-corrected chi connectivity index (χ1v) is 6.13. The molecule has 0 saturated carbocycles. The molecule has 92 valence electrons. The van der Waals surface area contributed by atoms with Gasteiger partial charge >= 0.3 is 0 Å². The Kier molecular flexibility index (Phi) is 3.36. The number of carbonyl (C=O) groups excluding carboxylic acids is 1. The molecule has 1 amide bonds. The van der Waals surface area contributed by atoms with E-state index < -0.39 is 0 Å². The molecule has 2 unspecified atom stereocenters. The fraction of sp³-hybridized carbons (Fsp3) is 0.500. The van der Waals surface area contributed by atoms with Crippen LogP contribution < -0.4 is 0 Å². The Morgan fingerprint density at radius 3 is 2.82 bits per heavy atom. The quantitative estimate of drug-likeness (QED) is 0.850. The van der Waals surface area contributed by atoms with Gasteiger partial charge in [0.15, 0.2) is 0 Å². The fourth-order valence-corrected chi connectivity index (χ4v) is 2.59. The van der Waals surface area contributed by atoms with Crippen molar-refractivity contribution in [3.63, 3.8) is 0 Å². The Morgan fingerprint density at radius 1 is 1.47 bits per heavy atom. The predicted octanol–water partition coefficient (Wildman–Crippen LogP) is 2.19. The molecule has 0 spiro atoms. The van der Waals surface area contributed by atoms with Crippen LogP contribution in [0.5, 0.6) is 5.75 Å². The number of benzene rings is 1. The molecule has 3 nitrogen and oxygen atoms in total. The summed E-state index contributed by atoms with van der Waals surface area (Å²) >= 11 is 0. The van der Waals surface area contributed by atoms with Crippen molar-refractivity contribution in [2.45, 2.75) is 32.7 Å². The number of likely N-dealkylation sites (tertiary alicyclic amines) is 1. The van der Waals surface area contributed by atoms with Gasteiger partial charge in [-0.15, -0.1) is 0 Å². The topological polar surface area (TPSA) is 40.5 Å². The molecule has 2 rings (SSSR count). The molecule has 0 radical (unpaired) electrons. The van der Waals surface area contributed by atoms with Crippen molar-refractivity contribution in [2.75, 3.05) is 6.54 Å². The average molecular weight is 233 g/mol. The van der Waals surface area contributed by atoms with Gasteiger partial charge in [0.1, 0.15) is 5.75 Å². The van der Waals surface area contributed by atoms with Crippen molar-refractivity contribution in [2.24, 2.45) is 5.92 Å². The molecule has 1 N–H and O–H groups in total. The van der Waals surface area contributed by atoms with Gasteiger partial charge in [-0.05, 0) is 37.0 Å². The number of rotatable bonds is 2. The lowest BCUT2D eigenvalue weighted by Crippen LogP contribution is -2.35. The van der Waals surface area contributed by atoms with Gasteiger partial charge in [0.05, 0.1) is 6.42 Å². The van der Waals surface area contributed by atoms with Crippen LogP contribution in [-0.4, -0.2) is 28.5 Å². The Labute approximate surface area is 102 Å². The molecule has 1 aliphatic heterocycles. The summed E-state index contributed by atoms with van der Waals surface area (Å²) in [5, 5.41) is 9.36. The maximum atomic E-state index is 12.1. The van der Waals surface area contributed by atoms with Crippen molar-refractivity contribution in [3.05, 3.63) is 29.8 Å². The molecule has 1 saturated heterocycles. The van der Waals surface area contributed by atoms with E-state index in [1.54, 1.807) is 18.2 Å². The lowest BCUT2D eigenvalue weighted by atomic mass is 10.1. The summed E-state index contributed by atoms with van der Waals surface area (Å²) in [4.78, 5) is 14.1. The number of nitrogens with zero attached hydrogens (tertiary/aromatic N) is 1. The van der Waals surface area contributed by atoms with Gasteiger partial charge in [0, 0.05) is 12.6 Å². The highest BCUT2D eigenvalue weighted by Crippen LogP contribution is 2.23. The number of aromatic hydroxyl groups is 1. The zero-order valence-corrected chi connectivity index (χ0v) is 10.4. The maximum absolute atomic E-state index is 12.1. The van der Waals surface area contributed by atoms with Crippen molar-refractivity contribution >= 4 is 5.91 Å². The highest BCUT2D eigenvalue weighted by Gasteiger charge is 2.29. The molecule has 2 atom stereocenters. The van der Waals surface area contributed by atoms with E-state index in [2.05, 4.69) is 13.8 Å². The summed E-state index contributed by atoms with van der Waals surface area (Å²) in [7, 11) is 0. The van der Waals surface area contributed by atoms with Crippen LogP contribution in [0.25, 0.3) is 0 Å². The van der Waals surface area contributed by atoms with E-state index in [4.69, 9.17) is 0 Å². The monoisotopic (exact) mass is 233 g/mol. The number of phenolic OH excluding ortho intramolecular Hbond substituents is 1. The summed E-state index contributed by atoms with van der Waals surface area (Å²) in [6, 6.07) is 7.27. The summed E-state index contributed by atoms with van der Waals surface area (Å²) in [5.41, 5.74) is 0.877. The van der Waals surface area contributed by atoms with E-state index >= 15 is 0 Å². The van der Waals surface area contributed by atoms with Crippen LogP contribution in [-0.2, 0) is 11.2 Å². The van der Waals surface area contributed by atoms with E-state index in [-0.39, 0.29) is 11.7 Å². The van der Waals surface area contributed by atoms with E-state index in [0.29, 0.717) is 18.4 Å². The van der Waals surface area contributed by atoms with Gasteiger partial charge in [-0.2, -0.15) is 0 Å². The molecule has 1 aromatic carbocycles. The van der Waals surface area contributed by atoms with Crippen molar-refractivity contribution < 1.29 is 9.90 Å². The Hall–Kier alpha value is -1.51. The number of hydrogen-bond donors (Lipinski definition) is 1. The zero-order valence-electron chi connectivity index (χ0n) is 10.4. The summed E-state index contributed by atoms with van der Waals surface area (Å²) in [6.07, 6.45) is 1.47.